The molecule has 1 saturated carbocycles. The molecule has 2 aliphatic heterocycles. The highest BCUT2D eigenvalue weighted by Crippen LogP contribution is 2.45. The lowest BCUT2D eigenvalue weighted by Gasteiger charge is -2.26. The largest absolute Gasteiger partial charge is 0.444 e. The summed E-state index contributed by atoms with van der Waals surface area (Å²) >= 11 is 0. The van der Waals surface area contributed by atoms with Gasteiger partial charge in [0.15, 0.2) is 0 Å². The van der Waals surface area contributed by atoms with Crippen LogP contribution in [-0.2, 0) is 4.74 Å². The van der Waals surface area contributed by atoms with Gasteiger partial charge >= 0.3 is 6.09 Å². The Morgan fingerprint density at radius 2 is 1.86 bits per heavy atom. The van der Waals surface area contributed by atoms with Crippen molar-refractivity contribution in [2.45, 2.75) is 51.7 Å². The van der Waals surface area contributed by atoms with Crippen LogP contribution in [0, 0.1) is 17.8 Å². The molecule has 22 heavy (non-hydrogen) atoms. The van der Waals surface area contributed by atoms with Gasteiger partial charge in [-0.2, -0.15) is 0 Å². The molecule has 5 heteroatoms. The zero-order valence-electron chi connectivity index (χ0n) is 14.2. The highest BCUT2D eigenvalue weighted by molar-refractivity contribution is 5.68. The number of hydrogen-bond donors (Lipinski definition) is 2. The number of amides is 1. The van der Waals surface area contributed by atoms with Crippen molar-refractivity contribution in [3.63, 3.8) is 0 Å². The summed E-state index contributed by atoms with van der Waals surface area (Å²) in [5.41, 5.74) is -0.408. The maximum absolute atomic E-state index is 11.8. The summed E-state index contributed by atoms with van der Waals surface area (Å²) in [6, 6.07) is 0.352. The molecule has 0 aromatic carbocycles. The van der Waals surface area contributed by atoms with E-state index < -0.39 is 5.60 Å². The number of carbonyl (C=O) groups excluding carboxylic acids is 1. The van der Waals surface area contributed by atoms with Gasteiger partial charge in [-0.1, -0.05) is 0 Å². The molecule has 1 amide bonds. The Bertz CT molecular complexity index is 389. The average molecular weight is 309 g/mol. The fourth-order valence-electron chi connectivity index (χ4n) is 3.99. The normalized spacial score (nSPS) is 32.6. The maximum Gasteiger partial charge on any atom is 0.407 e. The molecule has 126 valence electrons. The summed E-state index contributed by atoms with van der Waals surface area (Å²) in [7, 11) is 0. The van der Waals surface area contributed by atoms with Gasteiger partial charge in [0.2, 0.25) is 0 Å². The Morgan fingerprint density at radius 1 is 1.23 bits per heavy atom. The molecule has 0 aromatic heterocycles. The summed E-state index contributed by atoms with van der Waals surface area (Å²) < 4.78 is 5.34. The van der Waals surface area contributed by atoms with Gasteiger partial charge in [-0.25, -0.2) is 4.79 Å². The van der Waals surface area contributed by atoms with Crippen LogP contribution in [0.5, 0.6) is 0 Å². The monoisotopic (exact) mass is 309 g/mol. The van der Waals surface area contributed by atoms with Crippen molar-refractivity contribution in [2.75, 3.05) is 32.7 Å². The second-order valence-corrected chi connectivity index (χ2v) is 8.24. The van der Waals surface area contributed by atoms with Gasteiger partial charge in [0, 0.05) is 19.1 Å². The first-order valence-corrected chi connectivity index (χ1v) is 8.85. The van der Waals surface area contributed by atoms with Crippen LogP contribution in [0.4, 0.5) is 4.79 Å². The Balaban J connectivity index is 1.32. The molecule has 2 N–H and O–H groups in total. The van der Waals surface area contributed by atoms with Crippen LogP contribution >= 0.6 is 0 Å². The third kappa shape index (κ3) is 4.13. The zero-order valence-corrected chi connectivity index (χ0v) is 14.2. The number of ether oxygens (including phenoxy) is 1. The van der Waals surface area contributed by atoms with Crippen LogP contribution in [0.1, 0.15) is 40.0 Å². The molecule has 3 aliphatic rings. The number of likely N-dealkylation sites (tertiary alicyclic amines) is 1. The summed E-state index contributed by atoms with van der Waals surface area (Å²) in [5, 5.41) is 6.47. The standard InChI is InChI=1S/C17H31N3O2/c1-17(2,3)22-16(21)19-15-13-10-20(11-14(13)15)9-6-12-4-7-18-8-5-12/h12-15,18H,4-11H2,1-3H3,(H,19,21). The SMILES string of the molecule is CC(C)(C)OC(=O)NC1C2CN(CCC3CCNCC3)CC21. The minimum absolute atomic E-state index is 0.256. The van der Waals surface area contributed by atoms with Crippen LogP contribution in [0.15, 0.2) is 0 Å². The van der Waals surface area contributed by atoms with Crippen LogP contribution in [-0.4, -0.2) is 55.4 Å². The van der Waals surface area contributed by atoms with E-state index in [1.54, 1.807) is 0 Å². The maximum atomic E-state index is 11.8. The van der Waals surface area contributed by atoms with E-state index in [1.165, 1.54) is 38.9 Å². The summed E-state index contributed by atoms with van der Waals surface area (Å²) in [6.45, 7) is 11.6. The molecule has 2 heterocycles. The molecule has 0 radical (unpaired) electrons. The van der Waals surface area contributed by atoms with Gasteiger partial charge in [0.05, 0.1) is 0 Å². The van der Waals surface area contributed by atoms with Gasteiger partial charge in [-0.05, 0) is 77.4 Å². The van der Waals surface area contributed by atoms with Crippen LogP contribution in [0.25, 0.3) is 0 Å². The Kier molecular flexibility index (Phi) is 4.64. The first-order chi connectivity index (χ1) is 10.4. The number of rotatable bonds is 4. The molecule has 3 rings (SSSR count). The molecule has 2 atom stereocenters. The van der Waals surface area contributed by atoms with Crippen LogP contribution in [0.2, 0.25) is 0 Å². The number of hydrogen-bond acceptors (Lipinski definition) is 4. The average Bonchev–Trinajstić information content (AvgIpc) is 2.89. The van der Waals surface area contributed by atoms with E-state index in [0.29, 0.717) is 17.9 Å². The predicted molar refractivity (Wildman–Crippen MR) is 86.8 cm³/mol. The first kappa shape index (κ1) is 16.1. The van der Waals surface area contributed by atoms with Crippen molar-refractivity contribution in [3.8, 4) is 0 Å². The lowest BCUT2D eigenvalue weighted by molar-refractivity contribution is 0.0513. The van der Waals surface area contributed by atoms with Crippen LogP contribution < -0.4 is 10.6 Å². The molecular formula is C17H31N3O2. The van der Waals surface area contributed by atoms with Gasteiger partial charge in [-0.3, -0.25) is 0 Å². The molecule has 2 unspecified atom stereocenters. The Morgan fingerprint density at radius 3 is 2.45 bits per heavy atom. The quantitative estimate of drug-likeness (QED) is 0.832. The van der Waals surface area contributed by atoms with Crippen molar-refractivity contribution < 1.29 is 9.53 Å². The zero-order chi connectivity index (χ0) is 15.7. The minimum Gasteiger partial charge on any atom is -0.444 e. The van der Waals surface area contributed by atoms with Crippen molar-refractivity contribution >= 4 is 6.09 Å². The molecule has 0 spiro atoms. The minimum atomic E-state index is -0.408. The topological polar surface area (TPSA) is 53.6 Å². The van der Waals surface area contributed by atoms with E-state index in [4.69, 9.17) is 4.74 Å². The highest BCUT2D eigenvalue weighted by Gasteiger charge is 2.56. The molecule has 2 saturated heterocycles. The van der Waals surface area contributed by atoms with E-state index in [1.807, 2.05) is 20.8 Å². The Labute approximate surface area is 134 Å². The van der Waals surface area contributed by atoms with Gasteiger partial charge in [0.1, 0.15) is 5.60 Å². The summed E-state index contributed by atoms with van der Waals surface area (Å²) in [6.07, 6.45) is 3.76. The van der Waals surface area contributed by atoms with E-state index in [-0.39, 0.29) is 6.09 Å². The van der Waals surface area contributed by atoms with E-state index in [9.17, 15) is 4.79 Å². The van der Waals surface area contributed by atoms with Crippen molar-refractivity contribution in [2.24, 2.45) is 17.8 Å². The number of carbonyl (C=O) groups is 1. The molecular weight excluding hydrogens is 278 g/mol. The smallest absolute Gasteiger partial charge is 0.407 e. The summed E-state index contributed by atoms with van der Waals surface area (Å²) in [4.78, 5) is 14.4. The highest BCUT2D eigenvalue weighted by atomic mass is 16.6. The van der Waals surface area contributed by atoms with E-state index in [0.717, 1.165) is 19.0 Å². The molecule has 1 aliphatic carbocycles. The van der Waals surface area contributed by atoms with Gasteiger partial charge in [-0.15, -0.1) is 0 Å². The second-order valence-electron chi connectivity index (χ2n) is 8.24. The fraction of sp³-hybridized carbons (Fsp3) is 0.941. The van der Waals surface area contributed by atoms with E-state index in [2.05, 4.69) is 15.5 Å². The molecule has 3 fully saturated rings. The second kappa shape index (κ2) is 6.36. The fourth-order valence-corrected chi connectivity index (χ4v) is 3.99. The van der Waals surface area contributed by atoms with Gasteiger partial charge < -0.3 is 20.3 Å². The number of nitrogens with zero attached hydrogens (tertiary/aromatic N) is 1. The van der Waals surface area contributed by atoms with Gasteiger partial charge in [0.25, 0.3) is 0 Å². The van der Waals surface area contributed by atoms with Crippen molar-refractivity contribution in [1.82, 2.24) is 15.5 Å². The number of piperidine rings is 2. The van der Waals surface area contributed by atoms with E-state index >= 15 is 0 Å². The predicted octanol–water partition coefficient (Wildman–Crippen LogP) is 1.83. The molecule has 0 aromatic rings. The number of nitrogens with one attached hydrogen (secondary N) is 2. The molecule has 0 bridgehead atoms. The third-order valence-electron chi connectivity index (χ3n) is 5.27. The first-order valence-electron chi connectivity index (χ1n) is 8.85. The summed E-state index contributed by atoms with van der Waals surface area (Å²) in [5.74, 6) is 2.22. The van der Waals surface area contributed by atoms with Crippen LogP contribution in [0.3, 0.4) is 0 Å². The lowest BCUT2D eigenvalue weighted by atomic mass is 9.94. The van der Waals surface area contributed by atoms with Crippen molar-refractivity contribution in [3.05, 3.63) is 0 Å². The molecule has 5 nitrogen and oxygen atoms in total. The number of alkyl carbamates (subject to hydrolysis) is 1. The Hall–Kier alpha value is -0.810. The lowest BCUT2D eigenvalue weighted by Crippen LogP contribution is -2.38. The van der Waals surface area contributed by atoms with Crippen molar-refractivity contribution in [1.29, 1.82) is 0 Å². The number of fused-ring (bicyclic) bond motifs is 1. The third-order valence-corrected chi connectivity index (χ3v) is 5.27.